The molecule has 0 spiro atoms. The van der Waals surface area contributed by atoms with Crippen molar-refractivity contribution in [2.75, 3.05) is 25.0 Å². The molecule has 1 aliphatic heterocycles. The number of amides is 1. The van der Waals surface area contributed by atoms with Gasteiger partial charge in [0.05, 0.1) is 11.1 Å². The summed E-state index contributed by atoms with van der Waals surface area (Å²) in [5.74, 6) is 4.00. The molecule has 9 heteroatoms. The van der Waals surface area contributed by atoms with E-state index in [4.69, 9.17) is 4.74 Å². The third-order valence-corrected chi connectivity index (χ3v) is 4.88. The Morgan fingerprint density at radius 2 is 2.29 bits per heavy atom. The first-order valence-electron chi connectivity index (χ1n) is 9.62. The van der Waals surface area contributed by atoms with Crippen LogP contribution in [0, 0.1) is 23.5 Å². The number of anilines is 1. The van der Waals surface area contributed by atoms with E-state index in [1.165, 1.54) is 24.5 Å². The number of hydrogen-bond acceptors (Lipinski definition) is 5. The lowest BCUT2D eigenvalue weighted by atomic mass is 10.2. The molecule has 1 amide bonds. The highest BCUT2D eigenvalue weighted by molar-refractivity contribution is 5.89. The second kappa shape index (κ2) is 8.83. The number of carbonyl (C=O) groups excluding carboxylic acids is 1. The molecule has 3 heterocycles. The van der Waals surface area contributed by atoms with E-state index in [0.29, 0.717) is 30.2 Å². The number of ether oxygens (including phenoxy) is 1. The number of likely N-dealkylation sites (tertiary alicyclic amines) is 1. The van der Waals surface area contributed by atoms with Crippen molar-refractivity contribution in [3.05, 3.63) is 60.6 Å². The zero-order valence-corrected chi connectivity index (χ0v) is 16.5. The fourth-order valence-corrected chi connectivity index (χ4v) is 3.36. The molecule has 1 aromatic carbocycles. The summed E-state index contributed by atoms with van der Waals surface area (Å²) in [6, 6.07) is 5.59. The van der Waals surface area contributed by atoms with Gasteiger partial charge in [0.25, 0.3) is 0 Å². The average Bonchev–Trinajstić information content (AvgIpc) is 3.41. The van der Waals surface area contributed by atoms with Crippen LogP contribution in [0.3, 0.4) is 0 Å². The number of fused-ring (bicyclic) bond motifs is 1. The zero-order valence-electron chi connectivity index (χ0n) is 16.5. The zero-order chi connectivity index (χ0) is 21.8. The lowest BCUT2D eigenvalue weighted by Gasteiger charge is -2.15. The summed E-state index contributed by atoms with van der Waals surface area (Å²) in [5.41, 5.74) is 1.19. The predicted octanol–water partition coefficient (Wildman–Crippen LogP) is 2.87. The van der Waals surface area contributed by atoms with E-state index in [0.717, 1.165) is 17.9 Å². The Morgan fingerprint density at radius 1 is 1.42 bits per heavy atom. The van der Waals surface area contributed by atoms with Crippen LogP contribution < -0.4 is 10.1 Å². The van der Waals surface area contributed by atoms with E-state index >= 15 is 0 Å². The summed E-state index contributed by atoms with van der Waals surface area (Å²) in [7, 11) is 0. The number of hydrogen-bond donors (Lipinski definition) is 2. The number of H-pyrrole nitrogens is 1. The molecule has 3 aromatic rings. The maximum absolute atomic E-state index is 13.6. The lowest BCUT2D eigenvalue weighted by molar-refractivity contribution is -0.125. The summed E-state index contributed by atoms with van der Waals surface area (Å²) in [5, 5.41) is 4.12. The van der Waals surface area contributed by atoms with Crippen LogP contribution in [0.2, 0.25) is 0 Å². The van der Waals surface area contributed by atoms with Gasteiger partial charge in [0.15, 0.2) is 11.6 Å². The number of aromatic amines is 1. The van der Waals surface area contributed by atoms with E-state index < -0.39 is 11.6 Å². The van der Waals surface area contributed by atoms with Crippen LogP contribution in [0.4, 0.5) is 14.6 Å². The van der Waals surface area contributed by atoms with E-state index in [1.807, 2.05) is 0 Å². The molecular weight excluding hydrogens is 404 g/mol. The number of halogens is 2. The van der Waals surface area contributed by atoms with Crippen LogP contribution in [0.25, 0.3) is 11.0 Å². The molecule has 1 saturated heterocycles. The van der Waals surface area contributed by atoms with Crippen LogP contribution in [0.1, 0.15) is 12.1 Å². The van der Waals surface area contributed by atoms with Crippen LogP contribution >= 0.6 is 0 Å². The van der Waals surface area contributed by atoms with Gasteiger partial charge in [-0.25, -0.2) is 14.4 Å². The van der Waals surface area contributed by atoms with E-state index in [2.05, 4.69) is 38.7 Å². The Hall–Kier alpha value is -3.93. The fourth-order valence-electron chi connectivity index (χ4n) is 3.36. The third-order valence-electron chi connectivity index (χ3n) is 4.88. The highest BCUT2D eigenvalue weighted by Gasteiger charge is 2.25. The second-order valence-corrected chi connectivity index (χ2v) is 6.93. The van der Waals surface area contributed by atoms with Gasteiger partial charge in [-0.3, -0.25) is 4.79 Å². The van der Waals surface area contributed by atoms with Crippen LogP contribution in [-0.4, -0.2) is 51.5 Å². The smallest absolute Gasteiger partial charge is 0.246 e. The molecule has 7 nitrogen and oxygen atoms in total. The average molecular weight is 423 g/mol. The first-order chi connectivity index (χ1) is 15.0. The van der Waals surface area contributed by atoms with Crippen molar-refractivity contribution in [3.63, 3.8) is 0 Å². The minimum Gasteiger partial charge on any atom is -0.478 e. The molecule has 4 rings (SSSR count). The van der Waals surface area contributed by atoms with Crippen molar-refractivity contribution in [2.24, 2.45) is 0 Å². The van der Waals surface area contributed by atoms with Gasteiger partial charge >= 0.3 is 0 Å². The molecule has 1 fully saturated rings. The third kappa shape index (κ3) is 4.48. The Kier molecular flexibility index (Phi) is 5.80. The van der Waals surface area contributed by atoms with Crippen LogP contribution in [0.15, 0.2) is 43.2 Å². The maximum atomic E-state index is 13.6. The van der Waals surface area contributed by atoms with Crippen molar-refractivity contribution in [1.82, 2.24) is 19.9 Å². The van der Waals surface area contributed by atoms with E-state index in [9.17, 15) is 13.6 Å². The van der Waals surface area contributed by atoms with E-state index in [1.54, 1.807) is 11.0 Å². The van der Waals surface area contributed by atoms with Crippen molar-refractivity contribution in [2.45, 2.75) is 12.5 Å². The molecule has 1 aliphatic rings. The van der Waals surface area contributed by atoms with Gasteiger partial charge < -0.3 is 19.9 Å². The van der Waals surface area contributed by atoms with Gasteiger partial charge in [-0.1, -0.05) is 18.6 Å². The van der Waals surface area contributed by atoms with Gasteiger partial charge in [-0.2, -0.15) is 4.39 Å². The predicted molar refractivity (Wildman–Crippen MR) is 111 cm³/mol. The van der Waals surface area contributed by atoms with Crippen molar-refractivity contribution in [1.29, 1.82) is 0 Å². The molecule has 158 valence electrons. The van der Waals surface area contributed by atoms with Crippen molar-refractivity contribution >= 4 is 22.8 Å². The molecule has 31 heavy (non-hydrogen) atoms. The molecule has 0 bridgehead atoms. The number of rotatable bonds is 5. The van der Waals surface area contributed by atoms with Crippen molar-refractivity contribution < 1.29 is 18.3 Å². The molecule has 2 aromatic heterocycles. The summed E-state index contributed by atoms with van der Waals surface area (Å²) in [6.45, 7) is 4.64. The topological polar surface area (TPSA) is 83.1 Å². The number of aromatic nitrogens is 3. The Balaban J connectivity index is 1.43. The monoisotopic (exact) mass is 423 g/mol. The summed E-state index contributed by atoms with van der Waals surface area (Å²) in [6.07, 6.45) is 3.56. The largest absolute Gasteiger partial charge is 0.478 e. The number of benzene rings is 1. The van der Waals surface area contributed by atoms with E-state index in [-0.39, 0.29) is 24.3 Å². The van der Waals surface area contributed by atoms with Gasteiger partial charge in [0.1, 0.15) is 24.4 Å². The number of nitrogens with zero attached hydrogens (tertiary/aromatic N) is 3. The van der Waals surface area contributed by atoms with Gasteiger partial charge in [0.2, 0.25) is 11.7 Å². The minimum atomic E-state index is -1.04. The fraction of sp³-hybridized carbons (Fsp3) is 0.227. The first-order valence-corrected chi connectivity index (χ1v) is 9.62. The summed E-state index contributed by atoms with van der Waals surface area (Å²) < 4.78 is 32.0. The quantitative estimate of drug-likeness (QED) is 0.487. The highest BCUT2D eigenvalue weighted by Crippen LogP contribution is 2.23. The Labute approximate surface area is 177 Å². The second-order valence-electron chi connectivity index (χ2n) is 6.93. The normalized spacial score (nSPS) is 15.4. The number of carbonyl (C=O) groups is 1. The summed E-state index contributed by atoms with van der Waals surface area (Å²) >= 11 is 0. The molecule has 0 radical (unpaired) electrons. The molecule has 1 unspecified atom stereocenters. The summed E-state index contributed by atoms with van der Waals surface area (Å²) in [4.78, 5) is 25.1. The molecule has 0 saturated carbocycles. The standard InChI is InChI=1S/C22H19F2N5O2/c1-2-19(30)29-9-8-15(12-29)28-22-16-11-14(27-21(16)25-13-26-22)5-4-10-31-18-7-3-6-17(23)20(18)24/h2-3,6-7,11,13,15H,1,8-10,12H2,(H2,25,26,27,28). The Bertz CT molecular complexity index is 1200. The molecule has 0 aliphatic carbocycles. The maximum Gasteiger partial charge on any atom is 0.246 e. The first kappa shape index (κ1) is 20.3. The number of nitrogens with one attached hydrogen (secondary N) is 2. The molecular formula is C22H19F2N5O2. The SMILES string of the molecule is C=CC(=O)N1CCC(Nc2ncnc3[nH]c(C#CCOc4cccc(F)c4F)cc23)C1. The van der Waals surface area contributed by atoms with Gasteiger partial charge in [-0.05, 0) is 36.6 Å². The molecule has 2 N–H and O–H groups in total. The van der Waals surface area contributed by atoms with Crippen molar-refractivity contribution in [3.8, 4) is 17.6 Å². The van der Waals surface area contributed by atoms with Gasteiger partial charge in [-0.15, -0.1) is 0 Å². The van der Waals surface area contributed by atoms with Crippen LogP contribution in [0.5, 0.6) is 5.75 Å². The minimum absolute atomic E-state index is 0.0704. The highest BCUT2D eigenvalue weighted by atomic mass is 19.2. The Morgan fingerprint density at radius 3 is 3.13 bits per heavy atom. The molecule has 1 atom stereocenters. The van der Waals surface area contributed by atoms with Gasteiger partial charge in [0, 0.05) is 19.1 Å². The van der Waals surface area contributed by atoms with Crippen LogP contribution in [-0.2, 0) is 4.79 Å². The lowest BCUT2D eigenvalue weighted by Crippen LogP contribution is -2.30.